The number of fused-ring (bicyclic) bond motifs is 1. The molecule has 0 aliphatic carbocycles. The Morgan fingerprint density at radius 1 is 1.50 bits per heavy atom. The first-order valence-corrected chi connectivity index (χ1v) is 6.41. The highest BCUT2D eigenvalue weighted by atomic mass is 32.1. The minimum absolute atomic E-state index is 0.0440. The van der Waals surface area contributed by atoms with E-state index in [9.17, 15) is 0 Å². The molecule has 0 spiro atoms. The average Bonchev–Trinajstić information content (AvgIpc) is 2.67. The van der Waals surface area contributed by atoms with Gasteiger partial charge in [-0.05, 0) is 29.9 Å². The summed E-state index contributed by atoms with van der Waals surface area (Å²) in [4.78, 5) is 1.55. The van der Waals surface area contributed by atoms with Gasteiger partial charge in [0.1, 0.15) is 0 Å². The van der Waals surface area contributed by atoms with Crippen LogP contribution in [0.25, 0.3) is 0 Å². The van der Waals surface area contributed by atoms with Crippen molar-refractivity contribution in [2.24, 2.45) is 0 Å². The van der Waals surface area contributed by atoms with Gasteiger partial charge < -0.3 is 4.74 Å². The summed E-state index contributed by atoms with van der Waals surface area (Å²) in [5.74, 6) is 0. The molecule has 1 nitrogen and oxygen atoms in total. The summed E-state index contributed by atoms with van der Waals surface area (Å²) in [6, 6.07) is 2.26. The second kappa shape index (κ2) is 4.03. The molecule has 1 aromatic rings. The van der Waals surface area contributed by atoms with Gasteiger partial charge in [-0.25, -0.2) is 0 Å². The first-order chi connectivity index (χ1) is 6.82. The summed E-state index contributed by atoms with van der Waals surface area (Å²) in [5.41, 5.74) is 1.51. The minimum atomic E-state index is 0.0440. The van der Waals surface area contributed by atoms with Crippen LogP contribution in [0.4, 0.5) is 0 Å². The van der Waals surface area contributed by atoms with Crippen molar-refractivity contribution in [2.45, 2.75) is 45.1 Å². The molecule has 1 unspecified atom stereocenters. The highest BCUT2D eigenvalue weighted by Crippen LogP contribution is 2.41. The van der Waals surface area contributed by atoms with Crippen LogP contribution >= 0.6 is 11.3 Å². The molecule has 2 rings (SSSR count). The van der Waals surface area contributed by atoms with Crippen molar-refractivity contribution in [1.29, 1.82) is 0 Å². The van der Waals surface area contributed by atoms with Gasteiger partial charge in [0.05, 0.1) is 12.2 Å². The molecule has 0 radical (unpaired) electrons. The minimum Gasteiger partial charge on any atom is -0.370 e. The van der Waals surface area contributed by atoms with Gasteiger partial charge in [0.15, 0.2) is 0 Å². The van der Waals surface area contributed by atoms with Crippen LogP contribution < -0.4 is 0 Å². The molecule has 0 fully saturated rings. The quantitative estimate of drug-likeness (QED) is 0.738. The van der Waals surface area contributed by atoms with Gasteiger partial charge in [0, 0.05) is 11.3 Å². The Morgan fingerprint density at radius 2 is 2.36 bits per heavy atom. The lowest BCUT2D eigenvalue weighted by atomic mass is 9.85. The van der Waals surface area contributed by atoms with Crippen LogP contribution in [0.2, 0.25) is 0 Å². The Balaban J connectivity index is 2.36. The molecule has 0 bridgehead atoms. The van der Waals surface area contributed by atoms with Crippen LogP contribution in [-0.2, 0) is 16.8 Å². The summed E-state index contributed by atoms with van der Waals surface area (Å²) in [6.45, 7) is 5.38. The van der Waals surface area contributed by atoms with E-state index in [-0.39, 0.29) is 5.60 Å². The molecule has 1 aromatic heterocycles. The van der Waals surface area contributed by atoms with Gasteiger partial charge in [0.25, 0.3) is 0 Å². The molecule has 2 heterocycles. The normalized spacial score (nSPS) is 26.1. The van der Waals surface area contributed by atoms with Crippen LogP contribution in [-0.4, -0.2) is 6.61 Å². The number of thiophene rings is 1. The standard InChI is InChI=1S/C12H18OS/c1-3-7-12(4-2)10-6-9-14-11(10)5-8-13-12/h6,9H,3-5,7-8H2,1-2H3. The van der Waals surface area contributed by atoms with Crippen LogP contribution in [0.15, 0.2) is 11.4 Å². The molecule has 1 atom stereocenters. The van der Waals surface area contributed by atoms with Crippen LogP contribution in [0.3, 0.4) is 0 Å². The maximum Gasteiger partial charge on any atom is 0.0939 e. The van der Waals surface area contributed by atoms with E-state index < -0.39 is 0 Å². The van der Waals surface area contributed by atoms with Crippen molar-refractivity contribution in [2.75, 3.05) is 6.61 Å². The van der Waals surface area contributed by atoms with Gasteiger partial charge in [-0.1, -0.05) is 20.3 Å². The summed E-state index contributed by atoms with van der Waals surface area (Å²) < 4.78 is 6.05. The fourth-order valence-electron chi connectivity index (χ4n) is 2.44. The molecule has 1 aliphatic rings. The molecule has 1 aliphatic heterocycles. The van der Waals surface area contributed by atoms with Crippen LogP contribution in [0.1, 0.15) is 43.6 Å². The summed E-state index contributed by atoms with van der Waals surface area (Å²) in [6.07, 6.45) is 4.57. The molecule has 0 aromatic carbocycles. The van der Waals surface area contributed by atoms with E-state index in [1.807, 2.05) is 11.3 Å². The zero-order valence-electron chi connectivity index (χ0n) is 9.01. The molecular weight excluding hydrogens is 192 g/mol. The van der Waals surface area contributed by atoms with Crippen molar-refractivity contribution in [1.82, 2.24) is 0 Å². The fourth-order valence-corrected chi connectivity index (χ4v) is 3.39. The molecule has 0 amide bonds. The molecule has 78 valence electrons. The highest BCUT2D eigenvalue weighted by Gasteiger charge is 2.35. The smallest absolute Gasteiger partial charge is 0.0939 e. The van der Waals surface area contributed by atoms with Gasteiger partial charge in [-0.2, -0.15) is 0 Å². The lowest BCUT2D eigenvalue weighted by Gasteiger charge is -2.37. The van der Waals surface area contributed by atoms with E-state index in [0.29, 0.717) is 0 Å². The molecule has 0 saturated carbocycles. The molecule has 0 N–H and O–H groups in total. The van der Waals surface area contributed by atoms with E-state index in [1.165, 1.54) is 12.0 Å². The lowest BCUT2D eigenvalue weighted by molar-refractivity contribution is -0.0689. The van der Waals surface area contributed by atoms with E-state index >= 15 is 0 Å². The Bertz CT molecular complexity index is 305. The Morgan fingerprint density at radius 3 is 3.07 bits per heavy atom. The Kier molecular flexibility index (Phi) is 2.93. The predicted molar refractivity (Wildman–Crippen MR) is 60.9 cm³/mol. The maximum atomic E-state index is 6.05. The number of ether oxygens (including phenoxy) is 1. The number of rotatable bonds is 3. The van der Waals surface area contributed by atoms with Crippen molar-refractivity contribution < 1.29 is 4.74 Å². The lowest BCUT2D eigenvalue weighted by Crippen LogP contribution is -2.33. The monoisotopic (exact) mass is 210 g/mol. The Labute approximate surface area is 90.1 Å². The zero-order chi connectivity index (χ0) is 10.0. The Hall–Kier alpha value is -0.340. The van der Waals surface area contributed by atoms with Gasteiger partial charge in [-0.3, -0.25) is 0 Å². The van der Waals surface area contributed by atoms with Gasteiger partial charge in [0.2, 0.25) is 0 Å². The maximum absolute atomic E-state index is 6.05. The van der Waals surface area contributed by atoms with Gasteiger partial charge in [-0.15, -0.1) is 11.3 Å². The second-order valence-electron chi connectivity index (χ2n) is 3.95. The summed E-state index contributed by atoms with van der Waals surface area (Å²) in [5, 5.41) is 2.21. The van der Waals surface area contributed by atoms with E-state index in [0.717, 1.165) is 25.9 Å². The van der Waals surface area contributed by atoms with Crippen LogP contribution in [0, 0.1) is 0 Å². The zero-order valence-corrected chi connectivity index (χ0v) is 9.82. The third-order valence-corrected chi connectivity index (χ3v) is 4.15. The SMILES string of the molecule is CCCC1(CC)OCCc2sccc21. The van der Waals surface area contributed by atoms with E-state index in [4.69, 9.17) is 4.74 Å². The van der Waals surface area contributed by atoms with Crippen LogP contribution in [0.5, 0.6) is 0 Å². The first-order valence-electron chi connectivity index (χ1n) is 5.53. The highest BCUT2D eigenvalue weighted by molar-refractivity contribution is 7.10. The molecule has 14 heavy (non-hydrogen) atoms. The van der Waals surface area contributed by atoms with Crippen molar-refractivity contribution in [3.05, 3.63) is 21.9 Å². The van der Waals surface area contributed by atoms with E-state index in [2.05, 4.69) is 25.3 Å². The largest absolute Gasteiger partial charge is 0.370 e. The van der Waals surface area contributed by atoms with Crippen molar-refractivity contribution in [3.63, 3.8) is 0 Å². The fraction of sp³-hybridized carbons (Fsp3) is 0.667. The molecule has 2 heteroatoms. The van der Waals surface area contributed by atoms with E-state index in [1.54, 1.807) is 4.88 Å². The third kappa shape index (κ3) is 1.51. The summed E-state index contributed by atoms with van der Waals surface area (Å²) >= 11 is 1.89. The van der Waals surface area contributed by atoms with Crippen molar-refractivity contribution in [3.8, 4) is 0 Å². The predicted octanol–water partition coefficient (Wildman–Crippen LogP) is 3.73. The average molecular weight is 210 g/mol. The number of hydrogen-bond donors (Lipinski definition) is 0. The molecular formula is C12H18OS. The topological polar surface area (TPSA) is 9.23 Å². The molecule has 0 saturated heterocycles. The van der Waals surface area contributed by atoms with Gasteiger partial charge >= 0.3 is 0 Å². The third-order valence-electron chi connectivity index (χ3n) is 3.17. The first kappa shape index (κ1) is 10.2. The number of hydrogen-bond acceptors (Lipinski definition) is 2. The summed E-state index contributed by atoms with van der Waals surface area (Å²) in [7, 11) is 0. The van der Waals surface area contributed by atoms with Crippen molar-refractivity contribution >= 4 is 11.3 Å². The second-order valence-corrected chi connectivity index (χ2v) is 4.95.